The minimum absolute atomic E-state index is 0.0318. The van der Waals surface area contributed by atoms with Crippen LogP contribution in [-0.4, -0.2) is 36.5 Å². The molecule has 3 N–H and O–H groups in total. The number of ether oxygens (including phenoxy) is 1. The van der Waals surface area contributed by atoms with Crippen molar-refractivity contribution >= 4 is 6.03 Å². The number of nitrogens with one attached hydrogen (secondary N) is 2. The Morgan fingerprint density at radius 2 is 2.32 bits per heavy atom. The average Bonchev–Trinajstić information content (AvgIpc) is 3.03. The monoisotopic (exact) mass is 304 g/mol. The Hall–Kier alpha value is -1.59. The molecule has 2 amide bonds. The molecule has 3 rings (SSSR count). The number of carbonyl (C=O) groups is 1. The van der Waals surface area contributed by atoms with Gasteiger partial charge in [0.2, 0.25) is 0 Å². The molecule has 22 heavy (non-hydrogen) atoms. The second kappa shape index (κ2) is 5.89. The molecule has 1 heterocycles. The number of rotatable bonds is 3. The number of aryl methyl sites for hydroxylation is 1. The highest BCUT2D eigenvalue weighted by molar-refractivity contribution is 5.74. The van der Waals surface area contributed by atoms with Crippen LogP contribution in [-0.2, 0) is 11.2 Å². The fourth-order valence-corrected chi connectivity index (χ4v) is 3.35. The van der Waals surface area contributed by atoms with E-state index >= 15 is 0 Å². The molecule has 1 aliphatic carbocycles. The van der Waals surface area contributed by atoms with Crippen molar-refractivity contribution in [1.82, 2.24) is 10.6 Å². The summed E-state index contributed by atoms with van der Waals surface area (Å²) in [6.07, 6.45) is 1.55. The molecule has 0 saturated carbocycles. The van der Waals surface area contributed by atoms with Crippen molar-refractivity contribution in [1.29, 1.82) is 0 Å². The maximum atomic E-state index is 12.2. The predicted molar refractivity (Wildman–Crippen MR) is 83.7 cm³/mol. The van der Waals surface area contributed by atoms with Crippen LogP contribution >= 0.6 is 0 Å². The van der Waals surface area contributed by atoms with Crippen molar-refractivity contribution in [2.24, 2.45) is 5.92 Å². The lowest BCUT2D eigenvalue weighted by Gasteiger charge is -2.23. The lowest BCUT2D eigenvalue weighted by molar-refractivity contribution is 0.0290. The van der Waals surface area contributed by atoms with Gasteiger partial charge in [-0.1, -0.05) is 30.7 Å². The standard InChI is InChI=1S/C17H24N2O3/c1-11-3-4-13-8-12(2)15(14(13)7-11)19-16(20)18-9-17(21)5-6-22-10-17/h3-4,7,12,15,21H,5-6,8-10H2,1-2H3,(H2,18,19,20)/t12-,15-,17-/m1/s1. The van der Waals surface area contributed by atoms with E-state index in [1.54, 1.807) is 0 Å². The van der Waals surface area contributed by atoms with Gasteiger partial charge in [-0.2, -0.15) is 0 Å². The van der Waals surface area contributed by atoms with Crippen LogP contribution in [0.5, 0.6) is 0 Å². The molecule has 0 unspecified atom stereocenters. The maximum Gasteiger partial charge on any atom is 0.315 e. The van der Waals surface area contributed by atoms with Gasteiger partial charge >= 0.3 is 6.03 Å². The Kier molecular flexibility index (Phi) is 4.10. The molecule has 5 heteroatoms. The summed E-state index contributed by atoms with van der Waals surface area (Å²) in [6, 6.07) is 6.22. The summed E-state index contributed by atoms with van der Waals surface area (Å²) in [4.78, 5) is 12.2. The van der Waals surface area contributed by atoms with Gasteiger partial charge in [-0.25, -0.2) is 4.79 Å². The Bertz CT molecular complexity index is 567. The smallest absolute Gasteiger partial charge is 0.315 e. The van der Waals surface area contributed by atoms with Gasteiger partial charge in [0.15, 0.2) is 0 Å². The molecule has 5 nitrogen and oxygen atoms in total. The minimum atomic E-state index is -0.923. The Balaban J connectivity index is 1.61. The van der Waals surface area contributed by atoms with Crippen LogP contribution in [0.15, 0.2) is 18.2 Å². The van der Waals surface area contributed by atoms with Crippen molar-refractivity contribution < 1.29 is 14.6 Å². The van der Waals surface area contributed by atoms with E-state index in [2.05, 4.69) is 42.7 Å². The van der Waals surface area contributed by atoms with E-state index in [1.165, 1.54) is 16.7 Å². The van der Waals surface area contributed by atoms with Crippen LogP contribution in [0.4, 0.5) is 4.79 Å². The molecular formula is C17H24N2O3. The number of benzene rings is 1. The van der Waals surface area contributed by atoms with Gasteiger partial charge in [-0.3, -0.25) is 0 Å². The van der Waals surface area contributed by atoms with Crippen LogP contribution < -0.4 is 10.6 Å². The van der Waals surface area contributed by atoms with Gasteiger partial charge in [-0.05, 0) is 30.4 Å². The summed E-state index contributed by atoms with van der Waals surface area (Å²) >= 11 is 0. The Morgan fingerprint density at radius 3 is 3.05 bits per heavy atom. The molecule has 1 aliphatic heterocycles. The first-order valence-corrected chi connectivity index (χ1v) is 7.91. The fraction of sp³-hybridized carbons (Fsp3) is 0.588. The zero-order valence-electron chi connectivity index (χ0n) is 13.2. The average molecular weight is 304 g/mol. The van der Waals surface area contributed by atoms with Crippen LogP contribution in [0.3, 0.4) is 0 Å². The molecule has 120 valence electrons. The molecule has 0 aromatic heterocycles. The van der Waals surface area contributed by atoms with Crippen LogP contribution in [0.2, 0.25) is 0 Å². The number of hydrogen-bond acceptors (Lipinski definition) is 3. The number of fused-ring (bicyclic) bond motifs is 1. The highest BCUT2D eigenvalue weighted by atomic mass is 16.5. The van der Waals surface area contributed by atoms with Gasteiger partial charge in [-0.15, -0.1) is 0 Å². The quantitative estimate of drug-likeness (QED) is 0.795. The molecular weight excluding hydrogens is 280 g/mol. The zero-order valence-corrected chi connectivity index (χ0v) is 13.2. The third-order valence-electron chi connectivity index (χ3n) is 4.69. The highest BCUT2D eigenvalue weighted by Crippen LogP contribution is 2.36. The zero-order chi connectivity index (χ0) is 15.7. The topological polar surface area (TPSA) is 70.6 Å². The Labute approximate surface area is 131 Å². The largest absolute Gasteiger partial charge is 0.386 e. The number of urea groups is 1. The van der Waals surface area contributed by atoms with Gasteiger partial charge in [0.05, 0.1) is 19.2 Å². The van der Waals surface area contributed by atoms with E-state index in [0.29, 0.717) is 18.9 Å². The second-order valence-electron chi connectivity index (χ2n) is 6.72. The molecule has 0 radical (unpaired) electrons. The number of hydrogen-bond donors (Lipinski definition) is 3. The second-order valence-corrected chi connectivity index (χ2v) is 6.72. The number of carbonyl (C=O) groups excluding carboxylic acids is 1. The SMILES string of the molecule is Cc1ccc2c(c1)[C@H](NC(=O)NC[C@]1(O)CCOC1)[C@H](C)C2. The van der Waals surface area contributed by atoms with E-state index in [9.17, 15) is 9.90 Å². The van der Waals surface area contributed by atoms with Gasteiger partial charge in [0.25, 0.3) is 0 Å². The molecule has 0 spiro atoms. The first kappa shape index (κ1) is 15.3. The van der Waals surface area contributed by atoms with Crippen LogP contribution in [0.1, 0.15) is 36.1 Å². The molecule has 1 saturated heterocycles. The lowest BCUT2D eigenvalue weighted by atomic mass is 10.0. The summed E-state index contributed by atoms with van der Waals surface area (Å²) < 4.78 is 5.18. The summed E-state index contributed by atoms with van der Waals surface area (Å²) in [7, 11) is 0. The lowest BCUT2D eigenvalue weighted by Crippen LogP contribution is -2.47. The summed E-state index contributed by atoms with van der Waals surface area (Å²) in [5, 5.41) is 16.0. The van der Waals surface area contributed by atoms with Gasteiger partial charge in [0, 0.05) is 13.0 Å². The van der Waals surface area contributed by atoms with Crippen molar-refractivity contribution in [3.8, 4) is 0 Å². The molecule has 1 aromatic carbocycles. The molecule has 1 fully saturated rings. The first-order valence-electron chi connectivity index (χ1n) is 7.91. The summed E-state index contributed by atoms with van der Waals surface area (Å²) in [5.74, 6) is 0.375. The number of aliphatic hydroxyl groups is 1. The highest BCUT2D eigenvalue weighted by Gasteiger charge is 2.34. The van der Waals surface area contributed by atoms with E-state index in [-0.39, 0.29) is 25.2 Å². The van der Waals surface area contributed by atoms with E-state index in [0.717, 1.165) is 6.42 Å². The molecule has 2 aliphatic rings. The Morgan fingerprint density at radius 1 is 1.50 bits per heavy atom. The first-order chi connectivity index (χ1) is 10.5. The van der Waals surface area contributed by atoms with Crippen molar-refractivity contribution in [2.75, 3.05) is 19.8 Å². The van der Waals surface area contributed by atoms with Crippen molar-refractivity contribution in [2.45, 2.75) is 38.3 Å². The van der Waals surface area contributed by atoms with E-state index < -0.39 is 5.60 Å². The van der Waals surface area contributed by atoms with Crippen LogP contribution in [0.25, 0.3) is 0 Å². The van der Waals surface area contributed by atoms with Crippen LogP contribution in [0, 0.1) is 12.8 Å². The van der Waals surface area contributed by atoms with Crippen molar-refractivity contribution in [3.05, 3.63) is 34.9 Å². The maximum absolute atomic E-state index is 12.2. The normalized spacial score (nSPS) is 30.1. The fourth-order valence-electron chi connectivity index (χ4n) is 3.35. The summed E-state index contributed by atoms with van der Waals surface area (Å²) in [5.41, 5.74) is 2.81. The number of amides is 2. The van der Waals surface area contributed by atoms with E-state index in [4.69, 9.17) is 4.74 Å². The van der Waals surface area contributed by atoms with Gasteiger partial charge < -0.3 is 20.5 Å². The summed E-state index contributed by atoms with van der Waals surface area (Å²) in [6.45, 7) is 5.27. The third-order valence-corrected chi connectivity index (χ3v) is 4.69. The molecule has 1 aromatic rings. The third kappa shape index (κ3) is 3.10. The molecule has 3 atom stereocenters. The molecule has 0 bridgehead atoms. The minimum Gasteiger partial charge on any atom is -0.386 e. The van der Waals surface area contributed by atoms with E-state index in [1.807, 2.05) is 0 Å². The van der Waals surface area contributed by atoms with Gasteiger partial charge in [0.1, 0.15) is 5.60 Å². The predicted octanol–water partition coefficient (Wildman–Crippen LogP) is 1.68. The van der Waals surface area contributed by atoms with Crippen molar-refractivity contribution in [3.63, 3.8) is 0 Å².